The molecule has 4 aliphatic rings. The highest BCUT2D eigenvalue weighted by Gasteiger charge is 2.92. The third kappa shape index (κ3) is 4.07. The lowest BCUT2D eigenvalue weighted by Gasteiger charge is -2.60. The summed E-state index contributed by atoms with van der Waals surface area (Å²) in [5, 5.41) is 0. The number of esters is 4. The second-order valence-corrected chi connectivity index (χ2v) is 13.6. The van der Waals surface area contributed by atoms with Crippen molar-refractivity contribution in [3.8, 4) is 0 Å². The highest BCUT2D eigenvalue weighted by Crippen LogP contribution is 2.86. The molecule has 4 fully saturated rings. The molecule has 0 N–H and O–H groups in total. The van der Waals surface area contributed by atoms with Crippen LogP contribution in [0.2, 0.25) is 0 Å². The van der Waals surface area contributed by atoms with Crippen LogP contribution in [0.4, 0.5) is 0 Å². The Morgan fingerprint density at radius 3 is 2.02 bits per heavy atom. The van der Waals surface area contributed by atoms with Crippen LogP contribution < -0.4 is 0 Å². The number of hydrogen-bond donors (Lipinski definition) is 0. The Balaban J connectivity index is 1.73. The van der Waals surface area contributed by atoms with E-state index >= 15 is 0 Å². The highest BCUT2D eigenvalue weighted by molar-refractivity contribution is 5.88. The largest absolute Gasteiger partial charge is 0.461 e. The van der Waals surface area contributed by atoms with Crippen molar-refractivity contribution in [2.24, 2.45) is 33.5 Å². The lowest BCUT2D eigenvalue weighted by molar-refractivity contribution is -0.194. The number of Topliss-reactive ketones (excluding diaryl/α,β-unsaturated/α-hetero) is 1. The van der Waals surface area contributed by atoms with E-state index in [0.717, 1.165) is 5.56 Å². The van der Waals surface area contributed by atoms with Crippen molar-refractivity contribution in [2.45, 2.75) is 92.1 Å². The molecule has 0 saturated heterocycles. The second kappa shape index (κ2) is 10.7. The Hall–Kier alpha value is -3.75. The molecule has 9 atom stereocenters. The number of carbonyl (C=O) groups is 5. The molecule has 9 nitrogen and oxygen atoms in total. The predicted octanol–water partition coefficient (Wildman–Crippen LogP) is 5.01. The molecule has 44 heavy (non-hydrogen) atoms. The van der Waals surface area contributed by atoms with Crippen LogP contribution in [0.25, 0.3) is 6.08 Å². The van der Waals surface area contributed by atoms with Crippen molar-refractivity contribution < 1.29 is 42.9 Å². The van der Waals surface area contributed by atoms with Gasteiger partial charge in [-0.1, -0.05) is 64.6 Å². The van der Waals surface area contributed by atoms with E-state index in [1.807, 2.05) is 58.0 Å². The molecule has 4 aliphatic carbocycles. The summed E-state index contributed by atoms with van der Waals surface area (Å²) in [7, 11) is 0. The summed E-state index contributed by atoms with van der Waals surface area (Å²) < 4.78 is 24.5. The summed E-state index contributed by atoms with van der Waals surface area (Å²) in [6, 6.07) is 9.34. The molecule has 4 saturated carbocycles. The lowest BCUT2D eigenvalue weighted by atomic mass is 9.42. The molecular weight excluding hydrogens is 564 g/mol. The van der Waals surface area contributed by atoms with Crippen molar-refractivity contribution in [1.82, 2.24) is 0 Å². The summed E-state index contributed by atoms with van der Waals surface area (Å²) in [4.78, 5) is 65.4. The maximum absolute atomic E-state index is 13.9. The highest BCUT2D eigenvalue weighted by atomic mass is 16.6. The van der Waals surface area contributed by atoms with Gasteiger partial charge in [0, 0.05) is 55.9 Å². The number of hydrogen-bond acceptors (Lipinski definition) is 9. The van der Waals surface area contributed by atoms with Gasteiger partial charge in [0.25, 0.3) is 0 Å². The standard InChI is InChI=1S/C35H42O9/c1-19-26(39)18-25-29(41-21(3)36)35-20(2)27(44-28(40)15-14-24-12-10-9-11-13-24)16-17-33(35,8)30(42-22(4)37)31(43-23(5)38)34(19,35)32(25,6)7/h9-15,19,25,27,29-31H,2,16-18H2,1,3-8H3/b15-14+/t19-,25+,27+,29-,30+,31+,33+,34?,35?/m1/s1. The van der Waals surface area contributed by atoms with E-state index in [1.165, 1.54) is 26.8 Å². The van der Waals surface area contributed by atoms with Gasteiger partial charge in [-0.2, -0.15) is 0 Å². The zero-order valence-electron chi connectivity index (χ0n) is 26.5. The van der Waals surface area contributed by atoms with Crippen molar-refractivity contribution in [1.29, 1.82) is 0 Å². The maximum Gasteiger partial charge on any atom is 0.331 e. The minimum absolute atomic E-state index is 0.0657. The zero-order chi connectivity index (χ0) is 32.4. The summed E-state index contributed by atoms with van der Waals surface area (Å²) >= 11 is 0. The van der Waals surface area contributed by atoms with Gasteiger partial charge in [-0.3, -0.25) is 19.2 Å². The fraction of sp³-hybridized carbons (Fsp3) is 0.571. The Morgan fingerprint density at radius 2 is 1.43 bits per heavy atom. The fourth-order valence-electron chi connectivity index (χ4n) is 10.2. The van der Waals surface area contributed by atoms with E-state index in [-0.39, 0.29) is 12.2 Å². The first-order chi connectivity index (χ1) is 20.6. The van der Waals surface area contributed by atoms with E-state index in [9.17, 15) is 24.0 Å². The van der Waals surface area contributed by atoms with E-state index in [0.29, 0.717) is 18.4 Å². The molecule has 2 bridgehead atoms. The summed E-state index contributed by atoms with van der Waals surface area (Å²) in [5.41, 5.74) is -2.97. The predicted molar refractivity (Wildman–Crippen MR) is 159 cm³/mol. The normalized spacial score (nSPS) is 38.4. The molecule has 9 heteroatoms. The molecular formula is C35H42O9. The molecule has 0 radical (unpaired) electrons. The molecule has 1 aromatic carbocycles. The Labute approximate surface area is 258 Å². The second-order valence-electron chi connectivity index (χ2n) is 13.6. The first kappa shape index (κ1) is 31.7. The summed E-state index contributed by atoms with van der Waals surface area (Å²) in [6.07, 6.45) is 0.113. The van der Waals surface area contributed by atoms with Crippen LogP contribution in [0.15, 0.2) is 48.6 Å². The molecule has 2 unspecified atom stereocenters. The molecule has 0 aliphatic heterocycles. The quantitative estimate of drug-likeness (QED) is 0.190. The van der Waals surface area contributed by atoms with Gasteiger partial charge in [-0.15, -0.1) is 0 Å². The average molecular weight is 607 g/mol. The van der Waals surface area contributed by atoms with Crippen molar-refractivity contribution in [3.63, 3.8) is 0 Å². The van der Waals surface area contributed by atoms with Crippen LogP contribution in [0, 0.1) is 33.5 Å². The molecule has 1 aromatic rings. The van der Waals surface area contributed by atoms with Gasteiger partial charge in [0.2, 0.25) is 0 Å². The third-order valence-corrected chi connectivity index (χ3v) is 11.4. The Bertz CT molecular complexity index is 1440. The first-order valence-corrected chi connectivity index (χ1v) is 15.2. The van der Waals surface area contributed by atoms with Crippen LogP contribution in [0.1, 0.15) is 73.3 Å². The van der Waals surface area contributed by atoms with Crippen molar-refractivity contribution in [2.75, 3.05) is 0 Å². The van der Waals surface area contributed by atoms with E-state index in [4.69, 9.17) is 18.9 Å². The molecule has 236 valence electrons. The van der Waals surface area contributed by atoms with Gasteiger partial charge < -0.3 is 18.9 Å². The zero-order valence-corrected chi connectivity index (χ0v) is 26.5. The number of fused-ring (bicyclic) bond motifs is 1. The number of benzene rings is 1. The fourth-order valence-corrected chi connectivity index (χ4v) is 10.2. The lowest BCUT2D eigenvalue weighted by Crippen LogP contribution is -2.63. The van der Waals surface area contributed by atoms with Gasteiger partial charge in [0.1, 0.15) is 30.2 Å². The van der Waals surface area contributed by atoms with Crippen LogP contribution >= 0.6 is 0 Å². The SMILES string of the molecule is C=C1[C@@H](OC(=O)/C=C/c2ccccc2)CC[C@@]2(C)[C@@H](OC(C)=O)[C@H](OC(C)=O)C34[C@H](C)C(=O)C[C@@H]([C@@H](OC(C)=O)C132)C4(C)C. The number of carbonyl (C=O) groups excluding carboxylic acids is 5. The summed E-state index contributed by atoms with van der Waals surface area (Å²) in [5.74, 6) is -3.51. The molecule has 0 aromatic heterocycles. The molecule has 0 amide bonds. The minimum Gasteiger partial charge on any atom is -0.461 e. The van der Waals surface area contributed by atoms with Crippen LogP contribution in [-0.4, -0.2) is 54.1 Å². The van der Waals surface area contributed by atoms with Gasteiger partial charge in [0.05, 0.1) is 5.41 Å². The van der Waals surface area contributed by atoms with Crippen molar-refractivity contribution >= 4 is 35.7 Å². The molecule has 2 spiro atoms. The van der Waals surface area contributed by atoms with Gasteiger partial charge in [-0.25, -0.2) is 4.79 Å². The van der Waals surface area contributed by atoms with Crippen LogP contribution in [0.5, 0.6) is 0 Å². The van der Waals surface area contributed by atoms with Crippen LogP contribution in [-0.2, 0) is 42.9 Å². The smallest absolute Gasteiger partial charge is 0.331 e. The number of ether oxygens (including phenoxy) is 4. The third-order valence-electron chi connectivity index (χ3n) is 11.4. The van der Waals surface area contributed by atoms with Crippen molar-refractivity contribution in [3.05, 3.63) is 54.1 Å². The minimum atomic E-state index is -1.27. The topological polar surface area (TPSA) is 122 Å². The van der Waals surface area contributed by atoms with Gasteiger partial charge in [-0.05, 0) is 35.5 Å². The van der Waals surface area contributed by atoms with Gasteiger partial charge >= 0.3 is 23.9 Å². The number of ketones is 1. The maximum atomic E-state index is 13.9. The Morgan fingerprint density at radius 1 is 0.864 bits per heavy atom. The Kier molecular flexibility index (Phi) is 7.70. The average Bonchev–Trinajstić information content (AvgIpc) is 3.18. The molecule has 5 rings (SSSR count). The van der Waals surface area contributed by atoms with Crippen LogP contribution in [0.3, 0.4) is 0 Å². The summed E-state index contributed by atoms with van der Waals surface area (Å²) in [6.45, 7) is 16.2. The number of rotatable bonds is 6. The first-order valence-electron chi connectivity index (χ1n) is 15.2. The van der Waals surface area contributed by atoms with Gasteiger partial charge in [0.15, 0.2) is 0 Å². The van der Waals surface area contributed by atoms with E-state index in [1.54, 1.807) is 6.08 Å². The van der Waals surface area contributed by atoms with E-state index in [2.05, 4.69) is 6.58 Å². The van der Waals surface area contributed by atoms with E-state index < -0.39 is 81.8 Å². The molecule has 0 heterocycles. The monoisotopic (exact) mass is 606 g/mol.